The summed E-state index contributed by atoms with van der Waals surface area (Å²) in [7, 11) is 1.95. The van der Waals surface area contributed by atoms with Gasteiger partial charge in [0, 0.05) is 25.7 Å². The Morgan fingerprint density at radius 1 is 1.15 bits per heavy atom. The monoisotopic (exact) mass is 347 g/mol. The van der Waals surface area contributed by atoms with Gasteiger partial charge < -0.3 is 9.47 Å². The number of nitrogens with zero attached hydrogens (tertiary/aromatic N) is 6. The van der Waals surface area contributed by atoms with Gasteiger partial charge in [0.25, 0.3) is 0 Å². The van der Waals surface area contributed by atoms with Crippen molar-refractivity contribution in [3.8, 4) is 0 Å². The summed E-state index contributed by atoms with van der Waals surface area (Å²) in [6.45, 7) is 2.93. The zero-order valence-corrected chi connectivity index (χ0v) is 14.9. The molecule has 0 amide bonds. The summed E-state index contributed by atoms with van der Waals surface area (Å²) in [4.78, 5) is 20.1. The average molecular weight is 347 g/mol. The Morgan fingerprint density at radius 2 is 2.00 bits per heavy atom. The van der Waals surface area contributed by atoms with Crippen molar-refractivity contribution >= 4 is 29.6 Å². The van der Waals surface area contributed by atoms with E-state index >= 15 is 0 Å². The van der Waals surface area contributed by atoms with Crippen LogP contribution in [0.5, 0.6) is 0 Å². The molecule has 132 valence electrons. The zero-order chi connectivity index (χ0) is 17.9. The lowest BCUT2D eigenvalue weighted by Crippen LogP contribution is -2.17. The molecule has 26 heavy (non-hydrogen) atoms. The number of fused-ring (bicyclic) bond motifs is 1. The minimum atomic E-state index is 0.512. The Bertz CT molecular complexity index is 930. The fourth-order valence-corrected chi connectivity index (χ4v) is 2.90. The summed E-state index contributed by atoms with van der Waals surface area (Å²) in [5.41, 5.74) is 2.11. The van der Waals surface area contributed by atoms with Crippen LogP contribution >= 0.6 is 0 Å². The molecular formula is C19H21N7. The van der Waals surface area contributed by atoms with Crippen molar-refractivity contribution < 1.29 is 0 Å². The number of benzene rings is 1. The first-order chi connectivity index (χ1) is 12.7. The number of allylic oxidation sites excluding steroid dienone is 1. The van der Waals surface area contributed by atoms with Gasteiger partial charge >= 0.3 is 0 Å². The van der Waals surface area contributed by atoms with Gasteiger partial charge in [-0.15, -0.1) is 0 Å². The molecule has 1 aliphatic rings. The standard InChI is InChI=1S/C19H21N7/c1-3-16-21-17(23-18-20-13-15-11-7-8-12-26(15)18)24-19(22-16)25(2)14-9-5-4-6-10-14/h4-7,9-11,13H,3,8,12H2,1-2H3,(H,20,21,22,23,24). The molecule has 0 aliphatic carbocycles. The van der Waals surface area contributed by atoms with Gasteiger partial charge in [-0.1, -0.05) is 31.2 Å². The molecule has 0 saturated heterocycles. The van der Waals surface area contributed by atoms with Crippen molar-refractivity contribution in [1.29, 1.82) is 0 Å². The molecule has 3 heterocycles. The summed E-state index contributed by atoms with van der Waals surface area (Å²) in [5.74, 6) is 2.62. The second-order valence-corrected chi connectivity index (χ2v) is 6.10. The number of anilines is 4. The van der Waals surface area contributed by atoms with Gasteiger partial charge in [0.15, 0.2) is 0 Å². The third-order valence-corrected chi connectivity index (χ3v) is 4.35. The number of imidazole rings is 1. The van der Waals surface area contributed by atoms with E-state index in [1.54, 1.807) is 0 Å². The summed E-state index contributed by atoms with van der Waals surface area (Å²) in [6, 6.07) is 10.0. The van der Waals surface area contributed by atoms with Gasteiger partial charge in [-0.25, -0.2) is 4.98 Å². The molecule has 1 aromatic carbocycles. The molecule has 0 spiro atoms. The van der Waals surface area contributed by atoms with Gasteiger partial charge in [-0.2, -0.15) is 15.0 Å². The number of hydrogen-bond donors (Lipinski definition) is 1. The molecule has 0 fully saturated rings. The van der Waals surface area contributed by atoms with Crippen LogP contribution in [0.25, 0.3) is 6.08 Å². The van der Waals surface area contributed by atoms with Gasteiger partial charge in [0.2, 0.25) is 17.8 Å². The lowest BCUT2D eigenvalue weighted by atomic mass is 10.2. The van der Waals surface area contributed by atoms with E-state index in [1.165, 1.54) is 0 Å². The molecule has 2 aromatic heterocycles. The molecule has 1 aliphatic heterocycles. The Kier molecular flexibility index (Phi) is 4.35. The van der Waals surface area contributed by atoms with Gasteiger partial charge in [-0.3, -0.25) is 5.32 Å². The second kappa shape index (κ2) is 6.95. The molecule has 1 N–H and O–H groups in total. The Hall–Kier alpha value is -3.22. The molecule has 0 bridgehead atoms. The van der Waals surface area contributed by atoms with Crippen LogP contribution in [-0.2, 0) is 13.0 Å². The number of aryl methyl sites for hydroxylation is 1. The SMILES string of the molecule is CCc1nc(Nc2ncc3n2CCC=C3)nc(N(C)c2ccccc2)n1. The van der Waals surface area contributed by atoms with Crippen molar-refractivity contribution in [2.45, 2.75) is 26.3 Å². The topological polar surface area (TPSA) is 71.8 Å². The molecule has 0 atom stereocenters. The van der Waals surface area contributed by atoms with Gasteiger partial charge in [0.1, 0.15) is 5.82 Å². The van der Waals surface area contributed by atoms with Crippen LogP contribution in [0, 0.1) is 0 Å². The summed E-state index contributed by atoms with van der Waals surface area (Å²) < 4.78 is 2.13. The van der Waals surface area contributed by atoms with Crippen LogP contribution in [0.4, 0.5) is 23.5 Å². The van der Waals surface area contributed by atoms with Gasteiger partial charge in [0.05, 0.1) is 11.9 Å². The summed E-state index contributed by atoms with van der Waals surface area (Å²) >= 11 is 0. The lowest BCUT2D eigenvalue weighted by Gasteiger charge is -2.18. The molecule has 0 saturated carbocycles. The number of nitrogens with one attached hydrogen (secondary N) is 1. The van der Waals surface area contributed by atoms with Crippen LogP contribution in [0.1, 0.15) is 24.9 Å². The maximum absolute atomic E-state index is 4.60. The molecule has 7 nitrogen and oxygen atoms in total. The highest BCUT2D eigenvalue weighted by Gasteiger charge is 2.15. The predicted molar refractivity (Wildman–Crippen MR) is 103 cm³/mol. The molecule has 0 radical (unpaired) electrons. The fourth-order valence-electron chi connectivity index (χ4n) is 2.90. The molecule has 4 rings (SSSR count). The Labute approximate surface area is 152 Å². The molecule has 7 heteroatoms. The lowest BCUT2D eigenvalue weighted by molar-refractivity contribution is 0.700. The highest BCUT2D eigenvalue weighted by Crippen LogP contribution is 2.23. The van der Waals surface area contributed by atoms with E-state index in [9.17, 15) is 0 Å². The van der Waals surface area contributed by atoms with Crippen molar-refractivity contribution in [2.24, 2.45) is 0 Å². The van der Waals surface area contributed by atoms with Crippen molar-refractivity contribution in [1.82, 2.24) is 24.5 Å². The quantitative estimate of drug-likeness (QED) is 0.761. The minimum Gasteiger partial charge on any atom is -0.313 e. The van der Waals surface area contributed by atoms with E-state index in [2.05, 4.69) is 42.0 Å². The maximum Gasteiger partial charge on any atom is 0.234 e. The second-order valence-electron chi connectivity index (χ2n) is 6.10. The molecule has 0 unspecified atom stereocenters. The number of hydrogen-bond acceptors (Lipinski definition) is 6. The summed E-state index contributed by atoms with van der Waals surface area (Å²) in [6.07, 6.45) is 7.83. The summed E-state index contributed by atoms with van der Waals surface area (Å²) in [5, 5.41) is 3.26. The predicted octanol–water partition coefficient (Wildman–Crippen LogP) is 3.56. The highest BCUT2D eigenvalue weighted by atomic mass is 15.3. The number of aromatic nitrogens is 5. The smallest absolute Gasteiger partial charge is 0.234 e. The van der Waals surface area contributed by atoms with E-state index in [1.807, 2.05) is 55.4 Å². The van der Waals surface area contributed by atoms with E-state index in [0.29, 0.717) is 11.9 Å². The van der Waals surface area contributed by atoms with Crippen molar-refractivity contribution in [3.63, 3.8) is 0 Å². The largest absolute Gasteiger partial charge is 0.313 e. The van der Waals surface area contributed by atoms with Crippen molar-refractivity contribution in [3.05, 3.63) is 54.1 Å². The number of para-hydroxylation sites is 1. The third-order valence-electron chi connectivity index (χ3n) is 4.35. The van der Waals surface area contributed by atoms with Crippen LogP contribution in [-0.4, -0.2) is 31.6 Å². The highest BCUT2D eigenvalue weighted by molar-refractivity contribution is 5.58. The minimum absolute atomic E-state index is 0.512. The van der Waals surface area contributed by atoms with E-state index in [0.717, 1.165) is 42.5 Å². The van der Waals surface area contributed by atoms with Crippen LogP contribution < -0.4 is 10.2 Å². The van der Waals surface area contributed by atoms with Crippen LogP contribution in [0.15, 0.2) is 42.6 Å². The van der Waals surface area contributed by atoms with E-state index in [4.69, 9.17) is 0 Å². The molecule has 3 aromatic rings. The zero-order valence-electron chi connectivity index (χ0n) is 14.9. The Morgan fingerprint density at radius 3 is 2.81 bits per heavy atom. The van der Waals surface area contributed by atoms with Crippen LogP contribution in [0.2, 0.25) is 0 Å². The molecular weight excluding hydrogens is 326 g/mol. The normalized spacial score (nSPS) is 12.7. The average Bonchev–Trinajstić information content (AvgIpc) is 3.10. The first-order valence-electron chi connectivity index (χ1n) is 8.77. The van der Waals surface area contributed by atoms with Crippen LogP contribution in [0.3, 0.4) is 0 Å². The number of rotatable bonds is 5. The third kappa shape index (κ3) is 3.15. The first kappa shape index (κ1) is 16.3. The fraction of sp³-hybridized carbons (Fsp3) is 0.263. The van der Waals surface area contributed by atoms with Crippen molar-refractivity contribution in [2.75, 3.05) is 17.3 Å². The van der Waals surface area contributed by atoms with Gasteiger partial charge in [-0.05, 0) is 24.6 Å². The Balaban J connectivity index is 1.66. The van der Waals surface area contributed by atoms with E-state index < -0.39 is 0 Å². The maximum atomic E-state index is 4.60. The first-order valence-corrected chi connectivity index (χ1v) is 8.77. The van der Waals surface area contributed by atoms with E-state index in [-0.39, 0.29) is 0 Å².